The molecule has 1 saturated heterocycles. The van der Waals surface area contributed by atoms with Gasteiger partial charge >= 0.3 is 12.2 Å². The largest absolute Gasteiger partial charge is 0.416 e. The highest BCUT2D eigenvalue weighted by molar-refractivity contribution is 6.34. The fraction of sp³-hybridized carbons (Fsp3) is 0.269. The smallest absolute Gasteiger partial charge is 0.382 e. The van der Waals surface area contributed by atoms with E-state index in [0.29, 0.717) is 24.5 Å². The lowest BCUT2D eigenvalue weighted by molar-refractivity contribution is -0.137. The maximum atomic E-state index is 13.0. The number of benzene rings is 2. The topological polar surface area (TPSA) is 110 Å². The van der Waals surface area contributed by atoms with Crippen molar-refractivity contribution >= 4 is 40.3 Å². The van der Waals surface area contributed by atoms with Crippen LogP contribution in [-0.4, -0.2) is 51.8 Å². The standard InChI is InChI=1S/C26H25ClF3N7O2/c27-21-11-16(5-6-22(21)35-25(38)34-18-4-1-3-17(12-18)26(28,29)30)20-13-19(14-36-7-2-9-39-10-8-36)37-23(20)24(31)32-15-33-37/h1,3-6,11-13,15H,2,7-10,14H2,(H2,31,32,33)(H2,34,35,38). The minimum absolute atomic E-state index is 0.00526. The molecular formula is C26H25ClF3N7O2. The fourth-order valence-electron chi connectivity index (χ4n) is 4.49. The van der Waals surface area contributed by atoms with Crippen LogP contribution in [0.4, 0.5) is 35.2 Å². The van der Waals surface area contributed by atoms with E-state index in [0.717, 1.165) is 55.1 Å². The van der Waals surface area contributed by atoms with Gasteiger partial charge in [-0.3, -0.25) is 4.90 Å². The summed E-state index contributed by atoms with van der Waals surface area (Å²) in [6.07, 6.45) is -2.17. The van der Waals surface area contributed by atoms with Gasteiger partial charge in [-0.1, -0.05) is 23.7 Å². The second kappa shape index (κ2) is 11.1. The Kier molecular flexibility index (Phi) is 7.60. The van der Waals surface area contributed by atoms with E-state index in [1.54, 1.807) is 22.7 Å². The monoisotopic (exact) mass is 559 g/mol. The molecule has 1 aliphatic rings. The molecule has 0 radical (unpaired) electrons. The average molecular weight is 560 g/mol. The number of aromatic nitrogens is 3. The normalized spacial score (nSPS) is 14.8. The summed E-state index contributed by atoms with van der Waals surface area (Å²) >= 11 is 6.50. The molecule has 3 heterocycles. The number of hydrogen-bond acceptors (Lipinski definition) is 6. The third-order valence-corrected chi connectivity index (χ3v) is 6.65. The number of hydrogen-bond donors (Lipinski definition) is 3. The molecule has 0 spiro atoms. The van der Waals surface area contributed by atoms with Gasteiger partial charge in [-0.15, -0.1) is 0 Å². The Balaban J connectivity index is 1.37. The number of amides is 2. The number of ether oxygens (including phenoxy) is 1. The number of nitrogens with zero attached hydrogens (tertiary/aromatic N) is 4. The second-order valence-corrected chi connectivity index (χ2v) is 9.46. The maximum absolute atomic E-state index is 13.0. The van der Waals surface area contributed by atoms with Gasteiger partial charge in [-0.25, -0.2) is 14.3 Å². The quantitative estimate of drug-likeness (QED) is 0.297. The van der Waals surface area contributed by atoms with Gasteiger partial charge in [0.2, 0.25) is 0 Å². The van der Waals surface area contributed by atoms with E-state index in [9.17, 15) is 18.0 Å². The van der Waals surface area contributed by atoms with Crippen molar-refractivity contribution in [1.82, 2.24) is 19.5 Å². The van der Waals surface area contributed by atoms with E-state index in [4.69, 9.17) is 22.1 Å². The van der Waals surface area contributed by atoms with Crippen molar-refractivity contribution in [3.63, 3.8) is 0 Å². The van der Waals surface area contributed by atoms with Gasteiger partial charge in [0.25, 0.3) is 0 Å². The van der Waals surface area contributed by atoms with E-state index in [-0.39, 0.29) is 16.4 Å². The SMILES string of the molecule is Nc1ncnn2c(CN3CCCOCC3)cc(-c3ccc(NC(=O)Nc4cccc(C(F)(F)F)c4)c(Cl)c3)c12. The first kappa shape index (κ1) is 26.7. The third kappa shape index (κ3) is 6.08. The van der Waals surface area contributed by atoms with Crippen LogP contribution in [0, 0.1) is 0 Å². The molecule has 39 heavy (non-hydrogen) atoms. The molecule has 0 bridgehead atoms. The molecule has 0 atom stereocenters. The number of rotatable bonds is 5. The van der Waals surface area contributed by atoms with E-state index in [1.165, 1.54) is 18.5 Å². The summed E-state index contributed by atoms with van der Waals surface area (Å²) < 4.78 is 46.2. The summed E-state index contributed by atoms with van der Waals surface area (Å²) in [5.41, 5.74) is 8.71. The number of anilines is 3. The van der Waals surface area contributed by atoms with Crippen molar-refractivity contribution < 1.29 is 22.7 Å². The van der Waals surface area contributed by atoms with Gasteiger partial charge in [-0.2, -0.15) is 18.3 Å². The molecule has 0 saturated carbocycles. The minimum Gasteiger partial charge on any atom is -0.382 e. The highest BCUT2D eigenvalue weighted by Crippen LogP contribution is 2.35. The first-order valence-electron chi connectivity index (χ1n) is 12.2. The van der Waals surface area contributed by atoms with Crippen LogP contribution in [0.5, 0.6) is 0 Å². The van der Waals surface area contributed by atoms with Crippen molar-refractivity contribution in [3.05, 3.63) is 71.1 Å². The van der Waals surface area contributed by atoms with Crippen LogP contribution in [0.3, 0.4) is 0 Å². The number of halogens is 4. The van der Waals surface area contributed by atoms with Gasteiger partial charge in [0, 0.05) is 37.5 Å². The number of nitrogens with one attached hydrogen (secondary N) is 2. The van der Waals surface area contributed by atoms with Crippen LogP contribution >= 0.6 is 11.6 Å². The Labute approximate surface area is 226 Å². The first-order chi connectivity index (χ1) is 18.7. The number of carbonyl (C=O) groups excluding carboxylic acids is 1. The number of fused-ring (bicyclic) bond motifs is 1. The van der Waals surface area contributed by atoms with Gasteiger partial charge in [0.15, 0.2) is 5.82 Å². The molecule has 4 N–H and O–H groups in total. The molecule has 1 fully saturated rings. The van der Waals surface area contributed by atoms with Crippen LogP contribution in [0.15, 0.2) is 54.9 Å². The summed E-state index contributed by atoms with van der Waals surface area (Å²) in [5, 5.41) is 9.61. The van der Waals surface area contributed by atoms with E-state index >= 15 is 0 Å². The van der Waals surface area contributed by atoms with Crippen LogP contribution in [0.1, 0.15) is 17.7 Å². The first-order valence-corrected chi connectivity index (χ1v) is 12.5. The number of urea groups is 1. The van der Waals surface area contributed by atoms with Gasteiger partial charge in [0.1, 0.15) is 11.8 Å². The van der Waals surface area contributed by atoms with Crippen molar-refractivity contribution in [2.45, 2.75) is 19.1 Å². The average Bonchev–Trinajstić information content (AvgIpc) is 3.06. The molecule has 0 aliphatic carbocycles. The van der Waals surface area contributed by atoms with E-state index in [2.05, 4.69) is 25.6 Å². The van der Waals surface area contributed by atoms with E-state index < -0.39 is 17.8 Å². The zero-order valence-corrected chi connectivity index (χ0v) is 21.4. The number of nitrogen functional groups attached to an aromatic ring is 1. The molecule has 5 rings (SSSR count). The van der Waals surface area contributed by atoms with Crippen LogP contribution in [0.25, 0.3) is 16.6 Å². The molecule has 2 aromatic heterocycles. The van der Waals surface area contributed by atoms with Crippen molar-refractivity contribution in [3.8, 4) is 11.1 Å². The Morgan fingerprint density at radius 3 is 2.74 bits per heavy atom. The third-order valence-electron chi connectivity index (χ3n) is 6.33. The predicted octanol–water partition coefficient (Wildman–Crippen LogP) is 5.52. The Hall–Kier alpha value is -3.87. The van der Waals surface area contributed by atoms with Gasteiger partial charge in [0.05, 0.1) is 28.6 Å². The van der Waals surface area contributed by atoms with Crippen LogP contribution in [-0.2, 0) is 17.5 Å². The predicted molar refractivity (Wildman–Crippen MR) is 143 cm³/mol. The molecule has 1 aliphatic heterocycles. The number of alkyl halides is 3. The highest BCUT2D eigenvalue weighted by atomic mass is 35.5. The molecule has 0 unspecified atom stereocenters. The summed E-state index contributed by atoms with van der Waals surface area (Å²) in [6, 6.07) is 10.7. The van der Waals surface area contributed by atoms with Gasteiger partial charge in [-0.05, 0) is 48.4 Å². The zero-order chi connectivity index (χ0) is 27.6. The van der Waals surface area contributed by atoms with Crippen molar-refractivity contribution in [2.75, 3.05) is 42.7 Å². The molecule has 4 aromatic rings. The molecule has 9 nitrogen and oxygen atoms in total. The summed E-state index contributed by atoms with van der Waals surface area (Å²) in [6.45, 7) is 3.75. The zero-order valence-electron chi connectivity index (χ0n) is 20.6. The lowest BCUT2D eigenvalue weighted by Gasteiger charge is -2.18. The molecular weight excluding hydrogens is 535 g/mol. The Morgan fingerprint density at radius 1 is 1.10 bits per heavy atom. The lowest BCUT2D eigenvalue weighted by Crippen LogP contribution is -2.26. The van der Waals surface area contributed by atoms with Gasteiger partial charge < -0.3 is 21.1 Å². The molecule has 204 valence electrons. The minimum atomic E-state index is -4.52. The van der Waals surface area contributed by atoms with Crippen LogP contribution < -0.4 is 16.4 Å². The summed E-state index contributed by atoms with van der Waals surface area (Å²) in [7, 11) is 0. The molecule has 13 heteroatoms. The lowest BCUT2D eigenvalue weighted by atomic mass is 10.1. The second-order valence-electron chi connectivity index (χ2n) is 9.05. The van der Waals surface area contributed by atoms with Crippen LogP contribution in [0.2, 0.25) is 5.02 Å². The number of carbonyl (C=O) groups is 1. The maximum Gasteiger partial charge on any atom is 0.416 e. The summed E-state index contributed by atoms with van der Waals surface area (Å²) in [4.78, 5) is 18.9. The Morgan fingerprint density at radius 2 is 1.95 bits per heavy atom. The van der Waals surface area contributed by atoms with E-state index in [1.807, 2.05) is 6.07 Å². The van der Waals surface area contributed by atoms with Crippen molar-refractivity contribution in [2.24, 2.45) is 0 Å². The summed E-state index contributed by atoms with van der Waals surface area (Å²) in [5.74, 6) is 0.309. The fourth-order valence-corrected chi connectivity index (χ4v) is 4.72. The molecule has 2 aromatic carbocycles. The highest BCUT2D eigenvalue weighted by Gasteiger charge is 2.30. The Bertz CT molecular complexity index is 1500. The number of nitrogens with two attached hydrogens (primary N) is 1. The van der Waals surface area contributed by atoms with Crippen molar-refractivity contribution in [1.29, 1.82) is 0 Å². The molecule has 2 amide bonds.